The summed E-state index contributed by atoms with van der Waals surface area (Å²) in [5.41, 5.74) is 0.641. The Morgan fingerprint density at radius 2 is 1.67 bits per heavy atom. The van der Waals surface area contributed by atoms with Crippen LogP contribution in [0.3, 0.4) is 0 Å². The molecule has 0 aliphatic rings. The molecule has 1 N–H and O–H groups in total. The van der Waals surface area contributed by atoms with E-state index >= 15 is 0 Å². The van der Waals surface area contributed by atoms with Gasteiger partial charge in [0.2, 0.25) is 5.75 Å². The van der Waals surface area contributed by atoms with E-state index in [-0.39, 0.29) is 11.5 Å². The number of benzene rings is 2. The van der Waals surface area contributed by atoms with E-state index < -0.39 is 5.82 Å². The lowest BCUT2D eigenvalue weighted by Gasteiger charge is -2.13. The minimum atomic E-state index is -0.401. The van der Waals surface area contributed by atoms with Crippen LogP contribution in [0.2, 0.25) is 0 Å². The van der Waals surface area contributed by atoms with Crippen LogP contribution >= 0.6 is 0 Å². The van der Waals surface area contributed by atoms with Crippen molar-refractivity contribution in [2.75, 3.05) is 26.6 Å². The van der Waals surface area contributed by atoms with E-state index in [2.05, 4.69) is 5.32 Å². The number of para-hydroxylation sites is 1. The van der Waals surface area contributed by atoms with E-state index in [0.717, 1.165) is 0 Å². The number of carbonyl (C=O) groups is 1. The predicted octanol–water partition coefficient (Wildman–Crippen LogP) is 3.66. The lowest BCUT2D eigenvalue weighted by molar-refractivity contribution is 0.104. The van der Waals surface area contributed by atoms with E-state index in [4.69, 9.17) is 14.2 Å². The molecule has 24 heavy (non-hydrogen) atoms. The number of hydrogen-bond donors (Lipinski definition) is 1. The maximum atomic E-state index is 13.5. The van der Waals surface area contributed by atoms with Gasteiger partial charge in [0, 0.05) is 17.8 Å². The van der Waals surface area contributed by atoms with Gasteiger partial charge in [-0.05, 0) is 24.3 Å². The van der Waals surface area contributed by atoms with Crippen LogP contribution in [0.5, 0.6) is 17.2 Å². The number of hydrogen-bond acceptors (Lipinski definition) is 5. The van der Waals surface area contributed by atoms with Crippen molar-refractivity contribution in [2.45, 2.75) is 0 Å². The van der Waals surface area contributed by atoms with Crippen molar-refractivity contribution in [3.05, 3.63) is 60.1 Å². The number of anilines is 1. The molecule has 0 heterocycles. The molecule has 0 saturated carbocycles. The lowest BCUT2D eigenvalue weighted by Crippen LogP contribution is -2.01. The first-order valence-electron chi connectivity index (χ1n) is 7.12. The summed E-state index contributed by atoms with van der Waals surface area (Å²) in [7, 11) is 4.43. The van der Waals surface area contributed by atoms with E-state index in [9.17, 15) is 9.18 Å². The van der Waals surface area contributed by atoms with Gasteiger partial charge in [0.1, 0.15) is 5.82 Å². The van der Waals surface area contributed by atoms with E-state index in [1.54, 1.807) is 30.3 Å². The summed E-state index contributed by atoms with van der Waals surface area (Å²) in [5.74, 6) is 0.483. The van der Waals surface area contributed by atoms with Gasteiger partial charge in [-0.3, -0.25) is 4.79 Å². The van der Waals surface area contributed by atoms with Crippen LogP contribution < -0.4 is 19.5 Å². The molecule has 0 spiro atoms. The normalized spacial score (nSPS) is 10.5. The van der Waals surface area contributed by atoms with Crippen molar-refractivity contribution in [1.29, 1.82) is 0 Å². The Kier molecular flexibility index (Phi) is 5.78. The number of rotatable bonds is 7. The van der Waals surface area contributed by atoms with Crippen molar-refractivity contribution in [2.24, 2.45) is 0 Å². The van der Waals surface area contributed by atoms with E-state index in [1.165, 1.54) is 39.7 Å². The Labute approximate surface area is 139 Å². The first kappa shape index (κ1) is 17.3. The van der Waals surface area contributed by atoms with Gasteiger partial charge in [-0.1, -0.05) is 12.1 Å². The van der Waals surface area contributed by atoms with Crippen molar-refractivity contribution in [1.82, 2.24) is 0 Å². The minimum Gasteiger partial charge on any atom is -0.493 e. The number of carbonyl (C=O) groups excluding carboxylic acids is 1. The zero-order valence-corrected chi connectivity index (χ0v) is 13.6. The topological polar surface area (TPSA) is 56.8 Å². The molecule has 0 atom stereocenters. The van der Waals surface area contributed by atoms with Crippen LogP contribution in [0.25, 0.3) is 0 Å². The monoisotopic (exact) mass is 331 g/mol. The fraction of sp³-hybridized carbons (Fsp3) is 0.167. The molecule has 2 aromatic carbocycles. The highest BCUT2D eigenvalue weighted by Gasteiger charge is 2.15. The second kappa shape index (κ2) is 8.01. The smallest absolute Gasteiger partial charge is 0.203 e. The first-order chi connectivity index (χ1) is 11.6. The molecule has 6 heteroatoms. The molecule has 2 aromatic rings. The van der Waals surface area contributed by atoms with Crippen molar-refractivity contribution < 1.29 is 23.4 Å². The van der Waals surface area contributed by atoms with Gasteiger partial charge in [0.15, 0.2) is 17.3 Å². The van der Waals surface area contributed by atoms with Crippen LogP contribution in [0, 0.1) is 5.82 Å². The summed E-state index contributed by atoms with van der Waals surface area (Å²) < 4.78 is 29.1. The average molecular weight is 331 g/mol. The summed E-state index contributed by atoms with van der Waals surface area (Å²) in [6, 6.07) is 9.29. The Balaban J connectivity index is 2.20. The number of allylic oxidation sites excluding steroid dienone is 1. The Morgan fingerprint density at radius 1 is 1.04 bits per heavy atom. The summed E-state index contributed by atoms with van der Waals surface area (Å²) in [4.78, 5) is 12.3. The SMILES string of the molecule is COc1cc(C(=O)C=CNc2ccccc2F)cc(OC)c1OC. The highest BCUT2D eigenvalue weighted by molar-refractivity contribution is 6.05. The van der Waals surface area contributed by atoms with Crippen LogP contribution in [-0.4, -0.2) is 27.1 Å². The minimum absolute atomic E-state index is 0.284. The molecule has 0 bridgehead atoms. The summed E-state index contributed by atoms with van der Waals surface area (Å²) in [5, 5.41) is 2.73. The van der Waals surface area contributed by atoms with Gasteiger partial charge >= 0.3 is 0 Å². The van der Waals surface area contributed by atoms with E-state index in [0.29, 0.717) is 22.8 Å². The zero-order chi connectivity index (χ0) is 17.5. The quantitative estimate of drug-likeness (QED) is 0.620. The van der Waals surface area contributed by atoms with Crippen LogP contribution in [0.15, 0.2) is 48.7 Å². The Hall–Kier alpha value is -3.02. The molecule has 5 nitrogen and oxygen atoms in total. The van der Waals surface area contributed by atoms with Crippen molar-refractivity contribution >= 4 is 11.5 Å². The third-order valence-electron chi connectivity index (χ3n) is 3.30. The highest BCUT2D eigenvalue weighted by Crippen LogP contribution is 2.38. The molecule has 0 radical (unpaired) electrons. The maximum Gasteiger partial charge on any atom is 0.203 e. The van der Waals surface area contributed by atoms with Crippen LogP contribution in [-0.2, 0) is 0 Å². The van der Waals surface area contributed by atoms with E-state index in [1.807, 2.05) is 0 Å². The molecule has 0 aromatic heterocycles. The van der Waals surface area contributed by atoms with Gasteiger partial charge in [0.25, 0.3) is 0 Å². The summed E-state index contributed by atoms with van der Waals surface area (Å²) >= 11 is 0. The standard InChI is InChI=1S/C18H18FNO4/c1-22-16-10-12(11-17(23-2)18(16)24-3)15(21)8-9-20-14-7-5-4-6-13(14)19/h4-11,20H,1-3H3. The first-order valence-corrected chi connectivity index (χ1v) is 7.12. The zero-order valence-electron chi connectivity index (χ0n) is 13.6. The fourth-order valence-corrected chi connectivity index (χ4v) is 2.10. The fourth-order valence-electron chi connectivity index (χ4n) is 2.10. The van der Waals surface area contributed by atoms with Crippen molar-refractivity contribution in [3.8, 4) is 17.2 Å². The summed E-state index contributed by atoms with van der Waals surface area (Å²) in [6.07, 6.45) is 2.68. The number of ether oxygens (including phenoxy) is 3. The second-order valence-corrected chi connectivity index (χ2v) is 4.74. The Bertz CT molecular complexity index is 733. The molecule has 0 aliphatic heterocycles. The second-order valence-electron chi connectivity index (χ2n) is 4.74. The number of methoxy groups -OCH3 is 3. The third-order valence-corrected chi connectivity index (χ3v) is 3.30. The van der Waals surface area contributed by atoms with Crippen molar-refractivity contribution in [3.63, 3.8) is 0 Å². The number of halogens is 1. The predicted molar refractivity (Wildman–Crippen MR) is 89.6 cm³/mol. The third kappa shape index (κ3) is 3.84. The maximum absolute atomic E-state index is 13.5. The van der Waals surface area contributed by atoms with Gasteiger partial charge in [-0.25, -0.2) is 4.39 Å². The number of ketones is 1. The molecular formula is C18H18FNO4. The molecule has 0 unspecified atom stereocenters. The molecule has 0 saturated heterocycles. The average Bonchev–Trinajstić information content (AvgIpc) is 2.61. The molecule has 0 amide bonds. The molecular weight excluding hydrogens is 313 g/mol. The largest absolute Gasteiger partial charge is 0.493 e. The molecule has 0 aliphatic carbocycles. The summed E-state index contributed by atoms with van der Waals surface area (Å²) in [6.45, 7) is 0. The molecule has 0 fully saturated rings. The molecule has 126 valence electrons. The van der Waals surface area contributed by atoms with Crippen LogP contribution in [0.4, 0.5) is 10.1 Å². The van der Waals surface area contributed by atoms with Crippen LogP contribution in [0.1, 0.15) is 10.4 Å². The van der Waals surface area contributed by atoms with Gasteiger partial charge < -0.3 is 19.5 Å². The van der Waals surface area contributed by atoms with Gasteiger partial charge in [0.05, 0.1) is 27.0 Å². The highest BCUT2D eigenvalue weighted by atomic mass is 19.1. The molecule has 2 rings (SSSR count). The lowest BCUT2D eigenvalue weighted by atomic mass is 10.1. The Morgan fingerprint density at radius 3 is 2.21 bits per heavy atom. The van der Waals surface area contributed by atoms with Gasteiger partial charge in [-0.2, -0.15) is 0 Å². The van der Waals surface area contributed by atoms with Gasteiger partial charge in [-0.15, -0.1) is 0 Å². The number of nitrogens with one attached hydrogen (secondary N) is 1.